The molecule has 2 aromatic heterocycles. The Morgan fingerprint density at radius 2 is 2.14 bits per heavy atom. The number of Topliss-reactive ketones (excluding diaryl/α,β-unsaturated/α-hetero) is 1. The minimum Gasteiger partial charge on any atom is -0.309 e. The van der Waals surface area contributed by atoms with Crippen molar-refractivity contribution in [3.05, 3.63) is 40.7 Å². The number of aromatic nitrogens is 1. The van der Waals surface area contributed by atoms with Crippen LogP contribution >= 0.6 is 11.3 Å². The van der Waals surface area contributed by atoms with Gasteiger partial charge >= 0.3 is 0 Å². The van der Waals surface area contributed by atoms with E-state index in [1.807, 2.05) is 0 Å². The van der Waals surface area contributed by atoms with Crippen LogP contribution < -0.4 is 5.32 Å². The van der Waals surface area contributed by atoms with Gasteiger partial charge in [0.15, 0.2) is 6.04 Å². The molecule has 2 aromatic rings. The number of anilines is 1. The molecule has 1 aliphatic rings. The second-order valence-electron chi connectivity index (χ2n) is 4.61. The number of likely N-dealkylation sites (N-methyl/N-ethyl adjacent to an activating group) is 1. The summed E-state index contributed by atoms with van der Waals surface area (Å²) in [5, 5.41) is 3.98. The number of nitrogens with zero attached hydrogens (tertiary/aromatic N) is 2. The number of amides is 1. The minimum atomic E-state index is -3.86. The number of carbonyl (C=O) groups excluding carboxylic acids is 2. The molecule has 114 valence electrons. The molecule has 0 spiro atoms. The second kappa shape index (κ2) is 5.27. The third-order valence-corrected chi connectivity index (χ3v) is 6.21. The minimum absolute atomic E-state index is 0.0492. The lowest BCUT2D eigenvalue weighted by Gasteiger charge is -2.29. The summed E-state index contributed by atoms with van der Waals surface area (Å²) in [6, 6.07) is 4.84. The van der Waals surface area contributed by atoms with Crippen LogP contribution in [0.5, 0.6) is 0 Å². The van der Waals surface area contributed by atoms with Crippen molar-refractivity contribution in [1.82, 2.24) is 9.29 Å². The van der Waals surface area contributed by atoms with Crippen LogP contribution in [0.25, 0.3) is 0 Å². The standard InChI is InChI=1S/C13H11N3O4S2/c1-16-10(13(18)15-9-4-2-3-6-14-9)11(17)12-8(5-7-21-12)22(16,19)20/h2-7,10H,1H3,(H,14,15,18)/t10-/m0/s1. The van der Waals surface area contributed by atoms with Gasteiger partial charge in [-0.3, -0.25) is 9.59 Å². The molecule has 0 saturated heterocycles. The molecule has 3 heterocycles. The Morgan fingerprint density at radius 3 is 2.82 bits per heavy atom. The number of rotatable bonds is 2. The highest BCUT2D eigenvalue weighted by atomic mass is 32.2. The number of sulfonamides is 1. The highest BCUT2D eigenvalue weighted by molar-refractivity contribution is 7.89. The van der Waals surface area contributed by atoms with E-state index in [2.05, 4.69) is 10.3 Å². The lowest BCUT2D eigenvalue weighted by molar-refractivity contribution is -0.118. The molecule has 7 nitrogen and oxygen atoms in total. The molecule has 0 aliphatic carbocycles. The number of hydrogen-bond donors (Lipinski definition) is 1. The normalized spacial score (nSPS) is 20.4. The van der Waals surface area contributed by atoms with Crippen molar-refractivity contribution >= 4 is 38.9 Å². The number of fused-ring (bicyclic) bond motifs is 1. The fourth-order valence-corrected chi connectivity index (χ4v) is 4.83. The maximum Gasteiger partial charge on any atom is 0.252 e. The highest BCUT2D eigenvalue weighted by Crippen LogP contribution is 2.32. The molecule has 22 heavy (non-hydrogen) atoms. The van der Waals surface area contributed by atoms with Gasteiger partial charge in [0.1, 0.15) is 10.7 Å². The molecule has 0 saturated carbocycles. The van der Waals surface area contributed by atoms with Crippen LogP contribution in [0.15, 0.2) is 40.7 Å². The fraction of sp³-hybridized carbons (Fsp3) is 0.154. The van der Waals surface area contributed by atoms with E-state index >= 15 is 0 Å². The summed E-state index contributed by atoms with van der Waals surface area (Å²) in [4.78, 5) is 28.7. The van der Waals surface area contributed by atoms with E-state index < -0.39 is 27.8 Å². The van der Waals surface area contributed by atoms with Gasteiger partial charge < -0.3 is 5.32 Å². The molecule has 0 radical (unpaired) electrons. The summed E-state index contributed by atoms with van der Waals surface area (Å²) >= 11 is 1.01. The van der Waals surface area contributed by atoms with Crippen LogP contribution in [0.3, 0.4) is 0 Å². The zero-order chi connectivity index (χ0) is 15.9. The van der Waals surface area contributed by atoms with Crippen LogP contribution in [-0.2, 0) is 14.8 Å². The zero-order valence-corrected chi connectivity index (χ0v) is 13.0. The molecule has 3 rings (SSSR count). The lowest BCUT2D eigenvalue weighted by atomic mass is 10.1. The van der Waals surface area contributed by atoms with Gasteiger partial charge in [-0.1, -0.05) is 6.07 Å². The van der Waals surface area contributed by atoms with Gasteiger partial charge in [-0.25, -0.2) is 13.4 Å². The first kappa shape index (κ1) is 14.8. The summed E-state index contributed by atoms with van der Waals surface area (Å²) in [6.07, 6.45) is 1.48. The third-order valence-electron chi connectivity index (χ3n) is 3.29. The second-order valence-corrected chi connectivity index (χ2v) is 7.49. The van der Waals surface area contributed by atoms with Gasteiger partial charge in [0, 0.05) is 13.2 Å². The Bertz CT molecular complexity index is 845. The molecule has 1 aliphatic heterocycles. The van der Waals surface area contributed by atoms with Crippen molar-refractivity contribution in [2.45, 2.75) is 10.9 Å². The predicted molar refractivity (Wildman–Crippen MR) is 80.3 cm³/mol. The van der Waals surface area contributed by atoms with Crippen LogP contribution in [0.1, 0.15) is 9.67 Å². The largest absolute Gasteiger partial charge is 0.309 e. The van der Waals surface area contributed by atoms with Crippen molar-refractivity contribution in [3.8, 4) is 0 Å². The lowest BCUT2D eigenvalue weighted by Crippen LogP contribution is -2.52. The van der Waals surface area contributed by atoms with Gasteiger partial charge in [-0.15, -0.1) is 11.3 Å². The number of nitrogens with one attached hydrogen (secondary N) is 1. The smallest absolute Gasteiger partial charge is 0.252 e. The van der Waals surface area contributed by atoms with Crippen molar-refractivity contribution in [2.75, 3.05) is 12.4 Å². The Labute approximate surface area is 130 Å². The van der Waals surface area contributed by atoms with Crippen molar-refractivity contribution in [3.63, 3.8) is 0 Å². The number of carbonyl (C=O) groups is 2. The quantitative estimate of drug-likeness (QED) is 0.824. The molecular formula is C13H11N3O4S2. The van der Waals surface area contributed by atoms with Gasteiger partial charge in [0.05, 0.1) is 4.88 Å². The van der Waals surface area contributed by atoms with Crippen LogP contribution in [0.4, 0.5) is 5.82 Å². The van der Waals surface area contributed by atoms with Crippen molar-refractivity contribution in [1.29, 1.82) is 0 Å². The predicted octanol–water partition coefficient (Wildman–Crippen LogP) is 0.967. The van der Waals surface area contributed by atoms with E-state index in [-0.39, 0.29) is 15.6 Å². The van der Waals surface area contributed by atoms with E-state index in [1.54, 1.807) is 18.2 Å². The molecule has 0 bridgehead atoms. The SMILES string of the molecule is CN1[C@H](C(=O)Nc2ccccn2)C(=O)c2sccc2S1(=O)=O. The van der Waals surface area contributed by atoms with Crippen molar-refractivity contribution in [2.24, 2.45) is 0 Å². The van der Waals surface area contributed by atoms with Crippen LogP contribution in [-0.4, -0.2) is 42.5 Å². The van der Waals surface area contributed by atoms with Crippen molar-refractivity contribution < 1.29 is 18.0 Å². The molecule has 1 atom stereocenters. The van der Waals surface area contributed by atoms with E-state index in [4.69, 9.17) is 0 Å². The summed E-state index contributed by atoms with van der Waals surface area (Å²) in [7, 11) is -2.64. The number of pyridine rings is 1. The number of thiophene rings is 1. The first-order chi connectivity index (χ1) is 10.4. The van der Waals surface area contributed by atoms with Gasteiger partial charge in [0.25, 0.3) is 5.91 Å². The fourth-order valence-electron chi connectivity index (χ4n) is 2.18. The van der Waals surface area contributed by atoms with E-state index in [9.17, 15) is 18.0 Å². The first-order valence-corrected chi connectivity index (χ1v) is 8.56. The van der Waals surface area contributed by atoms with E-state index in [0.717, 1.165) is 15.6 Å². The first-order valence-electron chi connectivity index (χ1n) is 6.24. The van der Waals surface area contributed by atoms with Gasteiger partial charge in [-0.05, 0) is 23.6 Å². The molecule has 1 amide bonds. The average Bonchev–Trinajstić information content (AvgIpc) is 2.97. The Hall–Kier alpha value is -2.10. The Balaban J connectivity index is 1.98. The summed E-state index contributed by atoms with van der Waals surface area (Å²) in [5.41, 5.74) is 0. The summed E-state index contributed by atoms with van der Waals surface area (Å²) < 4.78 is 25.5. The molecule has 1 N–H and O–H groups in total. The maximum absolute atomic E-state index is 12.4. The van der Waals surface area contributed by atoms with Gasteiger partial charge in [-0.2, -0.15) is 4.31 Å². The van der Waals surface area contributed by atoms with Crippen LogP contribution in [0.2, 0.25) is 0 Å². The molecule has 0 aromatic carbocycles. The van der Waals surface area contributed by atoms with E-state index in [1.165, 1.54) is 24.7 Å². The number of hydrogen-bond acceptors (Lipinski definition) is 6. The van der Waals surface area contributed by atoms with Crippen LogP contribution in [0, 0.1) is 0 Å². The average molecular weight is 337 g/mol. The number of ketones is 1. The summed E-state index contributed by atoms with van der Waals surface area (Å²) in [5.74, 6) is -1.01. The Kier molecular flexibility index (Phi) is 3.55. The zero-order valence-electron chi connectivity index (χ0n) is 11.4. The topological polar surface area (TPSA) is 96.4 Å². The highest BCUT2D eigenvalue weighted by Gasteiger charge is 2.46. The summed E-state index contributed by atoms with van der Waals surface area (Å²) in [6.45, 7) is 0. The Morgan fingerprint density at radius 1 is 1.36 bits per heavy atom. The monoisotopic (exact) mass is 337 g/mol. The van der Waals surface area contributed by atoms with E-state index in [0.29, 0.717) is 0 Å². The molecule has 0 fully saturated rings. The molecule has 0 unspecified atom stereocenters. The molecular weight excluding hydrogens is 326 g/mol. The van der Waals surface area contributed by atoms with Gasteiger partial charge in [0.2, 0.25) is 15.8 Å². The molecule has 9 heteroatoms. The third kappa shape index (κ3) is 2.23. The maximum atomic E-state index is 12.4.